The molecule has 0 radical (unpaired) electrons. The Bertz CT molecular complexity index is 1240. The van der Waals surface area contributed by atoms with Crippen LogP contribution in [0, 0.1) is 18.3 Å². The standard InChI is InChI=1S/C24H21N3O6/c1-13-8-7-11-15(22(28)29)19(13)27-20(24(31)33-3)18(23(30)32-2)17(16(12-25)21(27)26)14-9-5-4-6-10-14/h4-11,17H,26H2,1-3H3,(H,28,29). The summed E-state index contributed by atoms with van der Waals surface area (Å²) in [7, 11) is 2.26. The van der Waals surface area contributed by atoms with Crippen LogP contribution in [0.25, 0.3) is 0 Å². The highest BCUT2D eigenvalue weighted by Gasteiger charge is 2.44. The first kappa shape index (κ1) is 23.1. The van der Waals surface area contributed by atoms with E-state index in [0.717, 1.165) is 19.1 Å². The van der Waals surface area contributed by atoms with Gasteiger partial charge in [-0.3, -0.25) is 4.90 Å². The van der Waals surface area contributed by atoms with E-state index in [9.17, 15) is 24.8 Å². The molecule has 3 N–H and O–H groups in total. The van der Waals surface area contributed by atoms with E-state index in [1.165, 1.54) is 12.1 Å². The van der Waals surface area contributed by atoms with Gasteiger partial charge in [-0.25, -0.2) is 14.4 Å². The number of methoxy groups -OCH3 is 2. The number of nitriles is 1. The molecule has 0 aliphatic carbocycles. The molecular weight excluding hydrogens is 426 g/mol. The number of ether oxygens (including phenoxy) is 2. The first-order valence-electron chi connectivity index (χ1n) is 9.76. The Morgan fingerprint density at radius 1 is 1.03 bits per heavy atom. The van der Waals surface area contributed by atoms with Crippen molar-refractivity contribution in [1.29, 1.82) is 5.26 Å². The molecule has 0 spiro atoms. The molecule has 0 bridgehead atoms. The van der Waals surface area contributed by atoms with E-state index in [4.69, 9.17) is 15.2 Å². The lowest BCUT2D eigenvalue weighted by Crippen LogP contribution is -2.41. The number of hydrogen-bond donors (Lipinski definition) is 2. The SMILES string of the molecule is COC(=O)C1=C(C(=O)OC)N(c2c(C)cccc2C(=O)O)C(N)=C(C#N)C1c1ccccc1. The summed E-state index contributed by atoms with van der Waals surface area (Å²) in [5, 5.41) is 19.8. The second-order valence-electron chi connectivity index (χ2n) is 7.11. The number of carboxylic acid groups (broad SMARTS) is 1. The van der Waals surface area contributed by atoms with E-state index < -0.39 is 23.8 Å². The molecule has 1 heterocycles. The van der Waals surface area contributed by atoms with Gasteiger partial charge in [0.2, 0.25) is 0 Å². The summed E-state index contributed by atoms with van der Waals surface area (Å²) in [6.45, 7) is 1.62. The third-order valence-corrected chi connectivity index (χ3v) is 5.30. The smallest absolute Gasteiger partial charge is 0.355 e. The largest absolute Gasteiger partial charge is 0.478 e. The molecule has 33 heavy (non-hydrogen) atoms. The van der Waals surface area contributed by atoms with Gasteiger partial charge < -0.3 is 20.3 Å². The molecule has 1 atom stereocenters. The minimum atomic E-state index is -1.28. The summed E-state index contributed by atoms with van der Waals surface area (Å²) in [6, 6.07) is 15.1. The molecule has 9 heteroatoms. The predicted octanol–water partition coefficient (Wildman–Crippen LogP) is 2.59. The Morgan fingerprint density at radius 3 is 2.21 bits per heavy atom. The highest BCUT2D eigenvalue weighted by atomic mass is 16.5. The van der Waals surface area contributed by atoms with Crippen LogP contribution >= 0.6 is 0 Å². The van der Waals surface area contributed by atoms with Crippen LogP contribution in [0.3, 0.4) is 0 Å². The monoisotopic (exact) mass is 447 g/mol. The fraction of sp³-hybridized carbons (Fsp3) is 0.167. The van der Waals surface area contributed by atoms with Crippen LogP contribution in [0.2, 0.25) is 0 Å². The molecule has 0 aromatic heterocycles. The number of anilines is 1. The number of para-hydroxylation sites is 1. The number of carbonyl (C=O) groups is 3. The van der Waals surface area contributed by atoms with Crippen molar-refractivity contribution in [2.24, 2.45) is 5.73 Å². The van der Waals surface area contributed by atoms with E-state index in [1.54, 1.807) is 43.3 Å². The zero-order chi connectivity index (χ0) is 24.3. The van der Waals surface area contributed by atoms with Crippen molar-refractivity contribution in [3.63, 3.8) is 0 Å². The molecule has 0 amide bonds. The van der Waals surface area contributed by atoms with Crippen molar-refractivity contribution in [1.82, 2.24) is 0 Å². The van der Waals surface area contributed by atoms with Gasteiger partial charge in [0.1, 0.15) is 11.5 Å². The summed E-state index contributed by atoms with van der Waals surface area (Å²) in [5.41, 5.74) is 6.65. The second kappa shape index (κ2) is 9.28. The fourth-order valence-corrected chi connectivity index (χ4v) is 3.87. The molecule has 0 fully saturated rings. The number of allylic oxidation sites excluding steroid dienone is 1. The Morgan fingerprint density at radius 2 is 1.67 bits per heavy atom. The van der Waals surface area contributed by atoms with Gasteiger partial charge in [0.05, 0.1) is 48.6 Å². The maximum Gasteiger partial charge on any atom is 0.355 e. The quantitative estimate of drug-likeness (QED) is 0.661. The molecule has 1 unspecified atom stereocenters. The number of benzene rings is 2. The van der Waals surface area contributed by atoms with Crippen LogP contribution in [0.4, 0.5) is 5.69 Å². The van der Waals surface area contributed by atoms with E-state index in [-0.39, 0.29) is 33.9 Å². The Labute approximate surface area is 189 Å². The topological polar surface area (TPSA) is 143 Å². The maximum atomic E-state index is 13.1. The zero-order valence-electron chi connectivity index (χ0n) is 18.2. The van der Waals surface area contributed by atoms with Crippen molar-refractivity contribution in [3.8, 4) is 6.07 Å². The molecule has 2 aromatic rings. The average Bonchev–Trinajstić information content (AvgIpc) is 2.82. The number of aromatic carboxylic acids is 1. The van der Waals surface area contributed by atoms with Gasteiger partial charge in [0.25, 0.3) is 0 Å². The van der Waals surface area contributed by atoms with E-state index in [2.05, 4.69) is 0 Å². The van der Waals surface area contributed by atoms with Gasteiger partial charge in [0, 0.05) is 0 Å². The molecule has 9 nitrogen and oxygen atoms in total. The number of hydrogen-bond acceptors (Lipinski definition) is 8. The van der Waals surface area contributed by atoms with Gasteiger partial charge in [-0.2, -0.15) is 5.26 Å². The average molecular weight is 447 g/mol. The number of carbonyl (C=O) groups excluding carboxylic acids is 2. The molecular formula is C24H21N3O6. The van der Waals surface area contributed by atoms with E-state index in [1.807, 2.05) is 6.07 Å². The highest BCUT2D eigenvalue weighted by Crippen LogP contribution is 2.44. The lowest BCUT2D eigenvalue weighted by atomic mass is 9.80. The van der Waals surface area contributed by atoms with Crippen LogP contribution in [0.1, 0.15) is 27.4 Å². The predicted molar refractivity (Wildman–Crippen MR) is 118 cm³/mol. The molecule has 168 valence electrons. The number of aryl methyl sites for hydroxylation is 1. The van der Waals surface area contributed by atoms with Crippen molar-refractivity contribution >= 4 is 23.6 Å². The molecule has 2 aromatic carbocycles. The van der Waals surface area contributed by atoms with Gasteiger partial charge >= 0.3 is 17.9 Å². The van der Waals surface area contributed by atoms with Gasteiger partial charge in [-0.05, 0) is 24.1 Å². The molecule has 0 saturated carbocycles. The lowest BCUT2D eigenvalue weighted by Gasteiger charge is -2.37. The van der Waals surface area contributed by atoms with Crippen molar-refractivity contribution in [2.75, 3.05) is 19.1 Å². The summed E-state index contributed by atoms with van der Waals surface area (Å²) >= 11 is 0. The van der Waals surface area contributed by atoms with Gasteiger partial charge in [-0.15, -0.1) is 0 Å². The Balaban J connectivity index is 2.51. The third kappa shape index (κ3) is 3.90. The van der Waals surface area contributed by atoms with Crippen molar-refractivity contribution in [2.45, 2.75) is 12.8 Å². The van der Waals surface area contributed by atoms with Crippen LogP contribution in [-0.4, -0.2) is 37.2 Å². The Kier molecular flexibility index (Phi) is 6.49. The first-order valence-corrected chi connectivity index (χ1v) is 9.76. The van der Waals surface area contributed by atoms with Gasteiger partial charge in [0.15, 0.2) is 0 Å². The summed E-state index contributed by atoms with van der Waals surface area (Å²) < 4.78 is 9.92. The minimum absolute atomic E-state index is 0.0311. The van der Waals surface area contributed by atoms with Crippen molar-refractivity contribution in [3.05, 3.63) is 87.9 Å². The number of nitrogens with two attached hydrogens (primary N) is 1. The highest BCUT2D eigenvalue weighted by molar-refractivity contribution is 6.08. The lowest BCUT2D eigenvalue weighted by molar-refractivity contribution is -0.139. The number of nitrogens with zero attached hydrogens (tertiary/aromatic N) is 2. The summed E-state index contributed by atoms with van der Waals surface area (Å²) in [6.07, 6.45) is 0. The van der Waals surface area contributed by atoms with Gasteiger partial charge in [-0.1, -0.05) is 42.5 Å². The molecule has 0 saturated heterocycles. The third-order valence-electron chi connectivity index (χ3n) is 5.30. The van der Waals surface area contributed by atoms with Crippen LogP contribution in [-0.2, 0) is 19.1 Å². The molecule has 1 aliphatic rings. The number of carboxylic acids is 1. The fourth-order valence-electron chi connectivity index (χ4n) is 3.87. The summed E-state index contributed by atoms with van der Waals surface area (Å²) in [4.78, 5) is 39.2. The second-order valence-corrected chi connectivity index (χ2v) is 7.11. The number of rotatable bonds is 5. The van der Waals surface area contributed by atoms with E-state index in [0.29, 0.717) is 11.1 Å². The van der Waals surface area contributed by atoms with Crippen LogP contribution in [0.15, 0.2) is 71.2 Å². The van der Waals surface area contributed by atoms with Crippen LogP contribution < -0.4 is 10.6 Å². The van der Waals surface area contributed by atoms with Crippen LogP contribution in [0.5, 0.6) is 0 Å². The Hall–Kier alpha value is -4.58. The summed E-state index contributed by atoms with van der Waals surface area (Å²) in [5.74, 6) is -4.35. The minimum Gasteiger partial charge on any atom is -0.478 e. The zero-order valence-corrected chi connectivity index (χ0v) is 18.2. The molecule has 3 rings (SSSR count). The van der Waals surface area contributed by atoms with E-state index >= 15 is 0 Å². The van der Waals surface area contributed by atoms with Crippen molar-refractivity contribution < 1.29 is 29.0 Å². The number of esters is 2. The first-order chi connectivity index (χ1) is 15.8. The molecule has 1 aliphatic heterocycles. The normalized spacial score (nSPS) is 15.7. The maximum absolute atomic E-state index is 13.1.